The van der Waals surface area contributed by atoms with E-state index in [9.17, 15) is 9.59 Å². The van der Waals surface area contributed by atoms with E-state index in [1.54, 1.807) is 0 Å². The van der Waals surface area contributed by atoms with Crippen LogP contribution < -0.4 is 16.7 Å². The molecule has 0 aliphatic heterocycles. The van der Waals surface area contributed by atoms with Gasteiger partial charge in [0.1, 0.15) is 5.52 Å². The fraction of sp³-hybridized carbons (Fsp3) is 0. The minimum Gasteiger partial charge on any atom is -0.379 e. The second-order valence-electron chi connectivity index (χ2n) is 2.52. The van der Waals surface area contributed by atoms with Crippen LogP contribution in [0.1, 0.15) is 0 Å². The van der Waals surface area contributed by atoms with Gasteiger partial charge in [0, 0.05) is 12.3 Å². The van der Waals surface area contributed by atoms with Crippen molar-refractivity contribution in [1.29, 1.82) is 0 Å². The van der Waals surface area contributed by atoms with E-state index in [1.165, 1.54) is 12.3 Å². The Morgan fingerprint density at radius 3 is 2.92 bits per heavy atom. The maximum atomic E-state index is 11.2. The molecule has 0 aliphatic carbocycles. The number of aromatic amines is 2. The van der Waals surface area contributed by atoms with Crippen molar-refractivity contribution < 1.29 is 0 Å². The molecule has 0 unspecified atom stereocenters. The number of anilines is 1. The predicted octanol–water partition coefficient (Wildman–Crippen LogP) is -0.806. The van der Waals surface area contributed by atoms with Crippen molar-refractivity contribution in [3.05, 3.63) is 32.8 Å². The summed E-state index contributed by atoms with van der Waals surface area (Å²) in [7, 11) is 0. The van der Waals surface area contributed by atoms with Crippen molar-refractivity contribution in [2.75, 3.05) is 5.73 Å². The number of H-pyrrole nitrogens is 2. The highest BCUT2D eigenvalue weighted by Crippen LogP contribution is 1.97. The normalized spacial score (nSPS) is 10.5. The molecule has 0 atom stereocenters. The molecule has 66 valence electrons. The Morgan fingerprint density at radius 1 is 1.38 bits per heavy atom. The third-order valence-corrected chi connectivity index (χ3v) is 1.64. The van der Waals surface area contributed by atoms with Crippen molar-refractivity contribution in [3.63, 3.8) is 0 Å². The van der Waals surface area contributed by atoms with Gasteiger partial charge in [0.15, 0.2) is 11.5 Å². The molecule has 0 radical (unpaired) electrons. The van der Waals surface area contributed by atoms with Gasteiger partial charge in [0.2, 0.25) is 5.43 Å². The van der Waals surface area contributed by atoms with Gasteiger partial charge in [-0.15, -0.1) is 0 Å². The third kappa shape index (κ3) is 1.08. The summed E-state index contributed by atoms with van der Waals surface area (Å²) in [5, 5.41) is 0. The number of hydrogen-bond acceptors (Lipinski definition) is 4. The Morgan fingerprint density at radius 2 is 2.15 bits per heavy atom. The molecule has 0 saturated carbocycles. The van der Waals surface area contributed by atoms with Gasteiger partial charge < -0.3 is 15.7 Å². The van der Waals surface area contributed by atoms with Crippen molar-refractivity contribution in [1.82, 2.24) is 15.0 Å². The number of hydrogen-bond donors (Lipinski definition) is 3. The summed E-state index contributed by atoms with van der Waals surface area (Å²) in [5.41, 5.74) is 4.84. The molecule has 0 saturated heterocycles. The van der Waals surface area contributed by atoms with Gasteiger partial charge in [-0.3, -0.25) is 9.59 Å². The largest absolute Gasteiger partial charge is 0.379 e. The van der Waals surface area contributed by atoms with Gasteiger partial charge in [-0.2, -0.15) is 0 Å². The van der Waals surface area contributed by atoms with E-state index in [0.717, 1.165) is 0 Å². The highest BCUT2D eigenvalue weighted by atomic mass is 16.1. The lowest BCUT2D eigenvalue weighted by molar-refractivity contribution is 1.17. The Balaban J connectivity index is 3.06. The highest BCUT2D eigenvalue weighted by Gasteiger charge is 2.02. The van der Waals surface area contributed by atoms with Gasteiger partial charge in [0.25, 0.3) is 5.56 Å². The van der Waals surface area contributed by atoms with Crippen LogP contribution in [0.2, 0.25) is 0 Å². The summed E-state index contributed by atoms with van der Waals surface area (Å²) in [4.78, 5) is 30.9. The number of rotatable bonds is 0. The van der Waals surface area contributed by atoms with E-state index in [4.69, 9.17) is 5.73 Å². The lowest BCUT2D eigenvalue weighted by atomic mass is 10.4. The minimum atomic E-state index is -0.552. The molecule has 2 heterocycles. The molecule has 0 spiro atoms. The molecular formula is C7H6N4O2. The molecule has 13 heavy (non-hydrogen) atoms. The number of nitrogen functional groups attached to an aromatic ring is 1. The number of aromatic nitrogens is 3. The first-order valence-corrected chi connectivity index (χ1v) is 3.55. The molecule has 6 heteroatoms. The lowest BCUT2D eigenvalue weighted by Gasteiger charge is -1.95. The maximum Gasteiger partial charge on any atom is 0.291 e. The molecule has 0 fully saturated rings. The Bertz CT molecular complexity index is 568. The number of fused-ring (bicyclic) bond motifs is 1. The number of nitrogens with two attached hydrogens (primary N) is 1. The van der Waals surface area contributed by atoms with Crippen LogP contribution in [0.3, 0.4) is 0 Å². The van der Waals surface area contributed by atoms with E-state index in [1.807, 2.05) is 0 Å². The van der Waals surface area contributed by atoms with Crippen LogP contribution in [0.15, 0.2) is 21.9 Å². The molecule has 0 amide bonds. The van der Waals surface area contributed by atoms with E-state index in [-0.39, 0.29) is 22.4 Å². The van der Waals surface area contributed by atoms with Crippen molar-refractivity contribution in [2.24, 2.45) is 0 Å². The zero-order valence-corrected chi connectivity index (χ0v) is 6.50. The monoisotopic (exact) mass is 178 g/mol. The molecule has 4 N–H and O–H groups in total. The lowest BCUT2D eigenvalue weighted by Crippen LogP contribution is -2.17. The summed E-state index contributed by atoms with van der Waals surface area (Å²) in [6.07, 6.45) is 1.44. The quantitative estimate of drug-likeness (QED) is 0.490. The smallest absolute Gasteiger partial charge is 0.291 e. The standard InChI is InChI=1S/C7H6N4O2/c8-5-7(13)10-4-3(12)1-2-9-6(4)11-5/h1-2H,(H,10,13)(H3,8,9,11,12). The molecule has 0 bridgehead atoms. The SMILES string of the molecule is Nc1nc2[nH]ccc(=O)c2[nH]c1=O. The molecule has 2 aromatic heterocycles. The molecule has 2 rings (SSSR count). The van der Waals surface area contributed by atoms with Crippen molar-refractivity contribution in [3.8, 4) is 0 Å². The Kier molecular flexibility index (Phi) is 1.42. The first kappa shape index (κ1) is 7.53. The zero-order chi connectivity index (χ0) is 9.42. The van der Waals surface area contributed by atoms with Gasteiger partial charge in [-0.1, -0.05) is 0 Å². The van der Waals surface area contributed by atoms with Crippen LogP contribution in [-0.4, -0.2) is 15.0 Å². The average Bonchev–Trinajstić information content (AvgIpc) is 2.09. The molecular weight excluding hydrogens is 172 g/mol. The van der Waals surface area contributed by atoms with Crippen LogP contribution in [0.5, 0.6) is 0 Å². The second kappa shape index (κ2) is 2.44. The fourth-order valence-electron chi connectivity index (χ4n) is 1.03. The van der Waals surface area contributed by atoms with Crippen LogP contribution >= 0.6 is 0 Å². The zero-order valence-electron chi connectivity index (χ0n) is 6.50. The van der Waals surface area contributed by atoms with Crippen LogP contribution in [0, 0.1) is 0 Å². The third-order valence-electron chi connectivity index (χ3n) is 1.64. The van der Waals surface area contributed by atoms with Gasteiger partial charge in [0.05, 0.1) is 0 Å². The van der Waals surface area contributed by atoms with Crippen LogP contribution in [0.25, 0.3) is 11.2 Å². The number of nitrogens with zero attached hydrogens (tertiary/aromatic N) is 1. The van der Waals surface area contributed by atoms with E-state index >= 15 is 0 Å². The molecule has 6 nitrogen and oxygen atoms in total. The fourth-order valence-corrected chi connectivity index (χ4v) is 1.03. The van der Waals surface area contributed by atoms with Crippen LogP contribution in [0.4, 0.5) is 5.82 Å². The minimum absolute atomic E-state index is 0.140. The topological polar surface area (TPSA) is 105 Å². The average molecular weight is 178 g/mol. The van der Waals surface area contributed by atoms with Crippen LogP contribution in [-0.2, 0) is 0 Å². The number of pyridine rings is 1. The Labute approximate surface area is 71.4 Å². The van der Waals surface area contributed by atoms with Crippen molar-refractivity contribution in [2.45, 2.75) is 0 Å². The second-order valence-corrected chi connectivity index (χ2v) is 2.52. The number of nitrogens with one attached hydrogen (secondary N) is 2. The molecule has 0 aromatic carbocycles. The molecule has 0 aliphatic rings. The Hall–Kier alpha value is -2.11. The van der Waals surface area contributed by atoms with Gasteiger partial charge >= 0.3 is 0 Å². The van der Waals surface area contributed by atoms with Crippen molar-refractivity contribution >= 4 is 17.0 Å². The maximum absolute atomic E-state index is 11.2. The van der Waals surface area contributed by atoms with E-state index in [0.29, 0.717) is 0 Å². The van der Waals surface area contributed by atoms with Gasteiger partial charge in [-0.25, -0.2) is 4.98 Å². The first-order valence-electron chi connectivity index (χ1n) is 3.55. The van der Waals surface area contributed by atoms with E-state index < -0.39 is 5.56 Å². The summed E-state index contributed by atoms with van der Waals surface area (Å²) >= 11 is 0. The van der Waals surface area contributed by atoms with Gasteiger partial charge in [-0.05, 0) is 0 Å². The summed E-state index contributed by atoms with van der Waals surface area (Å²) in [6, 6.07) is 1.30. The first-order chi connectivity index (χ1) is 6.18. The summed E-state index contributed by atoms with van der Waals surface area (Å²) < 4.78 is 0. The van der Waals surface area contributed by atoms with E-state index in [2.05, 4.69) is 15.0 Å². The summed E-state index contributed by atoms with van der Waals surface area (Å²) in [6.45, 7) is 0. The highest BCUT2D eigenvalue weighted by molar-refractivity contribution is 5.69. The predicted molar refractivity (Wildman–Crippen MR) is 47.4 cm³/mol. The summed E-state index contributed by atoms with van der Waals surface area (Å²) in [5.74, 6) is -0.158. The molecule has 2 aromatic rings.